The molecule has 1 heterocycles. The predicted octanol–water partition coefficient (Wildman–Crippen LogP) is 3.19. The molecule has 4 nitrogen and oxygen atoms in total. The monoisotopic (exact) mass is 323 g/mol. The molecule has 0 N–H and O–H groups in total. The first kappa shape index (κ1) is 13.8. The second-order valence-electron chi connectivity index (χ2n) is 5.35. The zero-order valence-electron chi connectivity index (χ0n) is 10.9. The molecule has 0 fully saturated rings. The van der Waals surface area contributed by atoms with Crippen LogP contribution in [0.2, 0.25) is 0 Å². The minimum Gasteiger partial charge on any atom is -0.619 e. The number of aromatic nitrogens is 1. The predicted molar refractivity (Wildman–Crippen MR) is 75.7 cm³/mol. The van der Waals surface area contributed by atoms with Crippen LogP contribution in [-0.2, 0) is 4.79 Å². The van der Waals surface area contributed by atoms with Crippen LogP contribution in [0.3, 0.4) is 0 Å². The third-order valence-corrected chi connectivity index (χ3v) is 3.27. The van der Waals surface area contributed by atoms with Crippen LogP contribution in [0.4, 0.5) is 0 Å². The number of carbonyl (C=O) groups is 1. The highest BCUT2D eigenvalue weighted by atomic mass is 79.9. The highest BCUT2D eigenvalue weighted by Crippen LogP contribution is 2.29. The van der Waals surface area contributed by atoms with E-state index in [0.717, 1.165) is 15.5 Å². The highest BCUT2D eigenvalue weighted by molar-refractivity contribution is 9.10. The minimum absolute atomic E-state index is 0.298. The van der Waals surface area contributed by atoms with E-state index in [1.165, 1.54) is 12.4 Å². The van der Waals surface area contributed by atoms with Crippen LogP contribution in [0.1, 0.15) is 20.8 Å². The van der Waals surface area contributed by atoms with Crippen molar-refractivity contribution >= 4 is 32.7 Å². The molecular weight excluding hydrogens is 310 g/mol. The molecule has 0 aliphatic carbocycles. The topological polar surface area (TPSA) is 53.2 Å². The van der Waals surface area contributed by atoms with Gasteiger partial charge in [-0.3, -0.25) is 4.79 Å². The lowest BCUT2D eigenvalue weighted by atomic mass is 9.97. The third kappa shape index (κ3) is 3.04. The molecule has 0 radical (unpaired) electrons. The molecular formula is C14H14BrNO3. The zero-order valence-corrected chi connectivity index (χ0v) is 12.5. The summed E-state index contributed by atoms with van der Waals surface area (Å²) in [5.41, 5.74) is -0.559. The maximum atomic E-state index is 11.8. The van der Waals surface area contributed by atoms with Crippen LogP contribution in [0, 0.1) is 10.6 Å². The number of halogens is 1. The number of carbonyl (C=O) groups excluding carboxylic acids is 1. The number of rotatable bonds is 1. The highest BCUT2D eigenvalue weighted by Gasteiger charge is 2.24. The Balaban J connectivity index is 2.42. The van der Waals surface area contributed by atoms with Gasteiger partial charge in [-0.25, -0.2) is 0 Å². The molecule has 100 valence electrons. The summed E-state index contributed by atoms with van der Waals surface area (Å²) in [6, 6.07) is 5.11. The summed E-state index contributed by atoms with van der Waals surface area (Å²) >= 11 is 3.38. The second kappa shape index (κ2) is 4.81. The first-order valence-electron chi connectivity index (χ1n) is 5.82. The van der Waals surface area contributed by atoms with E-state index in [4.69, 9.17) is 4.74 Å². The van der Waals surface area contributed by atoms with Gasteiger partial charge in [-0.2, -0.15) is 4.73 Å². The van der Waals surface area contributed by atoms with Gasteiger partial charge < -0.3 is 9.94 Å². The van der Waals surface area contributed by atoms with Crippen LogP contribution >= 0.6 is 15.9 Å². The second-order valence-corrected chi connectivity index (χ2v) is 6.21. The number of ether oxygens (including phenoxy) is 1. The quantitative estimate of drug-likeness (QED) is 0.350. The van der Waals surface area contributed by atoms with Gasteiger partial charge in [0.05, 0.1) is 10.8 Å². The van der Waals surface area contributed by atoms with Gasteiger partial charge >= 0.3 is 5.97 Å². The molecule has 0 aliphatic rings. The number of pyridine rings is 1. The molecule has 0 spiro atoms. The smallest absolute Gasteiger partial charge is 0.316 e. The SMILES string of the molecule is CC(C)(C)C(=O)Oc1cc(Br)c2c[n+]([O-])ccc2c1. The van der Waals surface area contributed by atoms with E-state index in [2.05, 4.69) is 15.9 Å². The van der Waals surface area contributed by atoms with Crippen LogP contribution in [0.5, 0.6) is 5.75 Å². The van der Waals surface area contributed by atoms with Crippen LogP contribution in [-0.4, -0.2) is 5.97 Å². The standard InChI is InChI=1S/C14H14BrNO3/c1-14(2,3)13(17)19-10-6-9-4-5-16(18)8-11(9)12(15)7-10/h4-8H,1-3H3. The number of nitrogens with zero attached hydrogens (tertiary/aromatic N) is 1. The van der Waals surface area contributed by atoms with E-state index < -0.39 is 5.41 Å². The third-order valence-electron chi connectivity index (χ3n) is 2.62. The van der Waals surface area contributed by atoms with Gasteiger partial charge in [-0.05, 0) is 54.2 Å². The molecule has 0 saturated heterocycles. The van der Waals surface area contributed by atoms with Crippen molar-refractivity contribution in [2.45, 2.75) is 20.8 Å². The molecule has 0 atom stereocenters. The van der Waals surface area contributed by atoms with Gasteiger partial charge in [0, 0.05) is 10.5 Å². The summed E-state index contributed by atoms with van der Waals surface area (Å²) in [6.07, 6.45) is 2.87. The molecule has 0 unspecified atom stereocenters. The fourth-order valence-corrected chi connectivity index (χ4v) is 2.09. The average molecular weight is 324 g/mol. The van der Waals surface area contributed by atoms with Gasteiger partial charge in [0.2, 0.25) is 0 Å². The van der Waals surface area contributed by atoms with Crippen molar-refractivity contribution in [3.8, 4) is 5.75 Å². The van der Waals surface area contributed by atoms with Crippen LogP contribution < -0.4 is 9.47 Å². The number of benzene rings is 1. The first-order valence-corrected chi connectivity index (χ1v) is 6.61. The lowest BCUT2D eigenvalue weighted by Crippen LogP contribution is -2.25. The van der Waals surface area contributed by atoms with E-state index in [1.54, 1.807) is 39.0 Å². The Labute approximate surface area is 119 Å². The Morgan fingerprint density at radius 3 is 2.68 bits per heavy atom. The largest absolute Gasteiger partial charge is 0.619 e. The Morgan fingerprint density at radius 2 is 2.05 bits per heavy atom. The molecule has 19 heavy (non-hydrogen) atoms. The molecule has 1 aromatic carbocycles. The minimum atomic E-state index is -0.559. The van der Waals surface area contributed by atoms with Gasteiger partial charge in [-0.15, -0.1) is 0 Å². The van der Waals surface area contributed by atoms with Crippen molar-refractivity contribution < 1.29 is 14.3 Å². The average Bonchev–Trinajstić information content (AvgIpc) is 2.29. The molecule has 5 heteroatoms. The summed E-state index contributed by atoms with van der Waals surface area (Å²) in [5.74, 6) is 0.163. The Hall–Kier alpha value is -1.62. The zero-order chi connectivity index (χ0) is 14.2. The van der Waals surface area contributed by atoms with Gasteiger partial charge in [-0.1, -0.05) is 0 Å². The molecule has 0 aliphatic heterocycles. The molecule has 2 rings (SSSR count). The van der Waals surface area contributed by atoms with Crippen LogP contribution in [0.15, 0.2) is 35.1 Å². The Morgan fingerprint density at radius 1 is 1.37 bits per heavy atom. The molecule has 0 amide bonds. The summed E-state index contributed by atoms with van der Waals surface area (Å²) in [4.78, 5) is 11.8. The summed E-state index contributed by atoms with van der Waals surface area (Å²) in [6.45, 7) is 5.39. The van der Waals surface area contributed by atoms with Crippen LogP contribution in [0.25, 0.3) is 10.8 Å². The van der Waals surface area contributed by atoms with Gasteiger partial charge in [0.25, 0.3) is 0 Å². The summed E-state index contributed by atoms with van der Waals surface area (Å²) in [5, 5.41) is 12.8. The molecule has 0 bridgehead atoms. The fraction of sp³-hybridized carbons (Fsp3) is 0.286. The van der Waals surface area contributed by atoms with E-state index in [1.807, 2.05) is 0 Å². The van der Waals surface area contributed by atoms with Crippen molar-refractivity contribution in [1.82, 2.24) is 0 Å². The summed E-state index contributed by atoms with van der Waals surface area (Å²) in [7, 11) is 0. The van der Waals surface area contributed by atoms with E-state index in [9.17, 15) is 10.0 Å². The summed E-state index contributed by atoms with van der Waals surface area (Å²) < 4.78 is 6.79. The Kier molecular flexibility index (Phi) is 3.49. The molecule has 2 aromatic rings. The fourth-order valence-electron chi connectivity index (χ4n) is 1.53. The lowest BCUT2D eigenvalue weighted by Gasteiger charge is -2.16. The normalized spacial score (nSPS) is 11.6. The molecule has 0 saturated carbocycles. The number of hydrogen-bond donors (Lipinski definition) is 0. The van der Waals surface area contributed by atoms with Crippen molar-refractivity contribution in [2.75, 3.05) is 0 Å². The number of esters is 1. The van der Waals surface area contributed by atoms with E-state index in [0.29, 0.717) is 10.2 Å². The van der Waals surface area contributed by atoms with E-state index in [-0.39, 0.29) is 5.97 Å². The maximum Gasteiger partial charge on any atom is 0.316 e. The first-order chi connectivity index (χ1) is 8.77. The number of hydrogen-bond acceptors (Lipinski definition) is 3. The molecule has 1 aromatic heterocycles. The van der Waals surface area contributed by atoms with Crippen molar-refractivity contribution in [1.29, 1.82) is 0 Å². The van der Waals surface area contributed by atoms with Crippen molar-refractivity contribution in [2.24, 2.45) is 5.41 Å². The van der Waals surface area contributed by atoms with Crippen molar-refractivity contribution in [3.05, 3.63) is 40.3 Å². The van der Waals surface area contributed by atoms with E-state index >= 15 is 0 Å². The van der Waals surface area contributed by atoms with Crippen molar-refractivity contribution in [3.63, 3.8) is 0 Å². The Bertz CT molecular complexity index is 647. The maximum absolute atomic E-state index is 11.8. The van der Waals surface area contributed by atoms with Gasteiger partial charge in [0.1, 0.15) is 5.75 Å². The number of fused-ring (bicyclic) bond motifs is 1. The lowest BCUT2D eigenvalue weighted by molar-refractivity contribution is -0.603. The van der Waals surface area contributed by atoms with Gasteiger partial charge in [0.15, 0.2) is 12.4 Å².